The molecule has 0 unspecified atom stereocenters. The van der Waals surface area contributed by atoms with E-state index in [4.69, 9.17) is 10.2 Å². The molecule has 0 saturated heterocycles. The Balaban J connectivity index is 2.44. The molecule has 2 rings (SSSR count). The molecule has 0 aliphatic heterocycles. The van der Waals surface area contributed by atoms with Gasteiger partial charge >= 0.3 is 0 Å². The average Bonchev–Trinajstić information content (AvgIpc) is 2.67. The summed E-state index contributed by atoms with van der Waals surface area (Å²) in [5, 5.41) is 7.63. The summed E-state index contributed by atoms with van der Waals surface area (Å²) in [6.07, 6.45) is 3.73. The first kappa shape index (κ1) is 8.61. The van der Waals surface area contributed by atoms with Crippen molar-refractivity contribution in [1.82, 2.24) is 20.2 Å². The van der Waals surface area contributed by atoms with E-state index in [-0.39, 0.29) is 0 Å². The molecule has 6 nitrogen and oxygen atoms in total. The molecule has 0 aromatic carbocycles. The van der Waals surface area contributed by atoms with Crippen molar-refractivity contribution in [2.45, 2.75) is 13.3 Å². The van der Waals surface area contributed by atoms with Gasteiger partial charge in [0, 0.05) is 18.8 Å². The molecule has 0 fully saturated rings. The van der Waals surface area contributed by atoms with Crippen LogP contribution in [0, 0.1) is 0 Å². The summed E-state index contributed by atoms with van der Waals surface area (Å²) >= 11 is 0. The highest BCUT2D eigenvalue weighted by Gasteiger charge is 2.11. The van der Waals surface area contributed by atoms with Crippen LogP contribution >= 0.6 is 0 Å². The van der Waals surface area contributed by atoms with Crippen molar-refractivity contribution in [1.29, 1.82) is 0 Å². The molecular formula is C8H9N5O. The van der Waals surface area contributed by atoms with Crippen molar-refractivity contribution in [2.24, 2.45) is 0 Å². The van der Waals surface area contributed by atoms with Gasteiger partial charge in [0.1, 0.15) is 0 Å². The lowest BCUT2D eigenvalue weighted by atomic mass is 10.4. The van der Waals surface area contributed by atoms with Crippen molar-refractivity contribution < 1.29 is 4.42 Å². The first-order chi connectivity index (χ1) is 6.81. The van der Waals surface area contributed by atoms with Gasteiger partial charge < -0.3 is 10.2 Å². The molecule has 0 bridgehead atoms. The molecule has 0 saturated carbocycles. The van der Waals surface area contributed by atoms with Crippen LogP contribution in [0.2, 0.25) is 0 Å². The smallest absolute Gasteiger partial charge is 0.270 e. The Labute approximate surface area is 80.2 Å². The van der Waals surface area contributed by atoms with Crippen LogP contribution < -0.4 is 5.73 Å². The number of hydrogen-bond acceptors (Lipinski definition) is 6. The van der Waals surface area contributed by atoms with Crippen LogP contribution in [0.3, 0.4) is 0 Å². The summed E-state index contributed by atoms with van der Waals surface area (Å²) in [5.41, 5.74) is 6.03. The maximum absolute atomic E-state index is 5.60. The van der Waals surface area contributed by atoms with E-state index in [1.807, 2.05) is 6.92 Å². The Kier molecular flexibility index (Phi) is 2.10. The molecule has 14 heavy (non-hydrogen) atoms. The SMILES string of the molecule is CCc1nnc(-c2nccnc2N)o1. The first-order valence-electron chi connectivity index (χ1n) is 4.20. The van der Waals surface area contributed by atoms with Crippen LogP contribution in [0.15, 0.2) is 16.8 Å². The number of rotatable bonds is 2. The van der Waals surface area contributed by atoms with Gasteiger partial charge in [-0.15, -0.1) is 10.2 Å². The molecule has 2 N–H and O–H groups in total. The molecule has 0 amide bonds. The van der Waals surface area contributed by atoms with Gasteiger partial charge in [0.25, 0.3) is 5.89 Å². The van der Waals surface area contributed by atoms with Gasteiger partial charge in [-0.2, -0.15) is 0 Å². The van der Waals surface area contributed by atoms with Crippen LogP contribution in [-0.4, -0.2) is 20.2 Å². The highest BCUT2D eigenvalue weighted by Crippen LogP contribution is 2.19. The molecule has 0 radical (unpaired) electrons. The molecule has 6 heteroatoms. The topological polar surface area (TPSA) is 90.7 Å². The molecule has 0 aliphatic carbocycles. The number of aryl methyl sites for hydroxylation is 1. The zero-order valence-electron chi connectivity index (χ0n) is 7.64. The van der Waals surface area contributed by atoms with Crippen LogP contribution in [-0.2, 0) is 6.42 Å². The lowest BCUT2D eigenvalue weighted by Crippen LogP contribution is -1.95. The fourth-order valence-corrected chi connectivity index (χ4v) is 1.01. The monoisotopic (exact) mass is 191 g/mol. The number of nitrogen functional groups attached to an aromatic ring is 1. The third-order valence-corrected chi connectivity index (χ3v) is 1.70. The highest BCUT2D eigenvalue weighted by molar-refractivity contribution is 5.60. The Morgan fingerprint density at radius 2 is 2.07 bits per heavy atom. The summed E-state index contributed by atoms with van der Waals surface area (Å²) in [6.45, 7) is 1.93. The van der Waals surface area contributed by atoms with E-state index in [1.54, 1.807) is 0 Å². The lowest BCUT2D eigenvalue weighted by molar-refractivity contribution is 0.511. The zero-order chi connectivity index (χ0) is 9.97. The van der Waals surface area contributed by atoms with Crippen LogP contribution in [0.25, 0.3) is 11.6 Å². The number of hydrogen-bond donors (Lipinski definition) is 1. The minimum absolute atomic E-state index is 0.291. The van der Waals surface area contributed by atoms with E-state index in [0.29, 0.717) is 29.7 Å². The normalized spacial score (nSPS) is 10.4. The van der Waals surface area contributed by atoms with E-state index in [9.17, 15) is 0 Å². The Hall–Kier alpha value is -1.98. The molecular weight excluding hydrogens is 182 g/mol. The molecule has 72 valence electrons. The maximum atomic E-state index is 5.60. The summed E-state index contributed by atoms with van der Waals surface area (Å²) in [6, 6.07) is 0. The molecule has 0 atom stereocenters. The Bertz CT molecular complexity index is 439. The lowest BCUT2D eigenvalue weighted by Gasteiger charge is -1.95. The van der Waals surface area contributed by atoms with Crippen molar-refractivity contribution in [2.75, 3.05) is 5.73 Å². The van der Waals surface area contributed by atoms with Crippen molar-refractivity contribution >= 4 is 5.82 Å². The predicted molar refractivity (Wildman–Crippen MR) is 49.1 cm³/mol. The largest absolute Gasteiger partial charge is 0.419 e. The molecule has 0 spiro atoms. The molecule has 2 aromatic rings. The van der Waals surface area contributed by atoms with E-state index >= 15 is 0 Å². The van der Waals surface area contributed by atoms with E-state index in [2.05, 4.69) is 20.2 Å². The van der Waals surface area contributed by atoms with Gasteiger partial charge in [0.15, 0.2) is 11.5 Å². The van der Waals surface area contributed by atoms with E-state index < -0.39 is 0 Å². The fraction of sp³-hybridized carbons (Fsp3) is 0.250. The van der Waals surface area contributed by atoms with Crippen molar-refractivity contribution in [3.63, 3.8) is 0 Å². The quantitative estimate of drug-likeness (QED) is 0.750. The second kappa shape index (κ2) is 3.41. The average molecular weight is 191 g/mol. The third-order valence-electron chi connectivity index (χ3n) is 1.70. The minimum Gasteiger partial charge on any atom is -0.419 e. The van der Waals surface area contributed by atoms with Crippen molar-refractivity contribution in [3.05, 3.63) is 18.3 Å². The van der Waals surface area contributed by atoms with Gasteiger partial charge in [-0.1, -0.05) is 6.92 Å². The second-order valence-corrected chi connectivity index (χ2v) is 2.64. The number of nitrogens with two attached hydrogens (primary N) is 1. The molecule has 0 aliphatic rings. The predicted octanol–water partition coefficient (Wildman–Crippen LogP) is 0.671. The third kappa shape index (κ3) is 1.41. The van der Waals surface area contributed by atoms with Gasteiger partial charge in [-0.3, -0.25) is 0 Å². The number of nitrogens with zero attached hydrogens (tertiary/aromatic N) is 4. The number of anilines is 1. The maximum Gasteiger partial charge on any atom is 0.270 e. The van der Waals surface area contributed by atoms with E-state index in [0.717, 1.165) is 0 Å². The summed E-state index contributed by atoms with van der Waals surface area (Å²) in [4.78, 5) is 7.89. The van der Waals surface area contributed by atoms with Gasteiger partial charge in [0.2, 0.25) is 5.89 Å². The molecule has 2 heterocycles. The Morgan fingerprint density at radius 3 is 2.71 bits per heavy atom. The van der Waals surface area contributed by atoms with Gasteiger partial charge in [-0.05, 0) is 0 Å². The summed E-state index contributed by atoms with van der Waals surface area (Å²) < 4.78 is 5.29. The Morgan fingerprint density at radius 1 is 1.29 bits per heavy atom. The summed E-state index contributed by atoms with van der Waals surface area (Å²) in [5.74, 6) is 1.16. The van der Waals surface area contributed by atoms with Gasteiger partial charge in [0.05, 0.1) is 0 Å². The van der Waals surface area contributed by atoms with Crippen LogP contribution in [0.4, 0.5) is 5.82 Å². The number of aromatic nitrogens is 4. The van der Waals surface area contributed by atoms with E-state index in [1.165, 1.54) is 12.4 Å². The minimum atomic E-state index is 0.291. The fourth-order valence-electron chi connectivity index (χ4n) is 1.01. The van der Waals surface area contributed by atoms with Crippen molar-refractivity contribution in [3.8, 4) is 11.6 Å². The highest BCUT2D eigenvalue weighted by atomic mass is 16.4. The molecule has 2 aromatic heterocycles. The standard InChI is InChI=1S/C8H9N5O/c1-2-5-12-13-8(14-5)6-7(9)11-4-3-10-6/h3-4H,2H2,1H3,(H2,9,11). The van der Waals surface area contributed by atoms with Crippen LogP contribution in [0.1, 0.15) is 12.8 Å². The summed E-state index contributed by atoms with van der Waals surface area (Å²) in [7, 11) is 0. The van der Waals surface area contributed by atoms with Gasteiger partial charge in [-0.25, -0.2) is 9.97 Å². The second-order valence-electron chi connectivity index (χ2n) is 2.64. The first-order valence-corrected chi connectivity index (χ1v) is 4.20. The zero-order valence-corrected chi connectivity index (χ0v) is 7.64. The van der Waals surface area contributed by atoms with Crippen LogP contribution in [0.5, 0.6) is 0 Å².